The van der Waals surface area contributed by atoms with Gasteiger partial charge in [0.15, 0.2) is 0 Å². The number of aromatic hydroxyl groups is 1. The molecule has 0 saturated carbocycles. The molecule has 0 atom stereocenters. The Morgan fingerprint density at radius 1 is 1.11 bits per heavy atom. The number of nitrogens with one attached hydrogen (secondary N) is 2. The van der Waals surface area contributed by atoms with Crippen LogP contribution in [0.3, 0.4) is 0 Å². The smallest absolute Gasteiger partial charge is 0.123 e. The van der Waals surface area contributed by atoms with E-state index in [1.165, 1.54) is 0 Å². The van der Waals surface area contributed by atoms with Crippen LogP contribution < -0.4 is 10.6 Å². The zero-order valence-corrected chi connectivity index (χ0v) is 10.1. The van der Waals surface area contributed by atoms with Gasteiger partial charge in [0.2, 0.25) is 0 Å². The number of hydrogen-bond acceptors (Lipinski definition) is 3. The van der Waals surface area contributed by atoms with Gasteiger partial charge in [-0.1, -0.05) is 24.8 Å². The first kappa shape index (κ1) is 10.7. The predicted molar refractivity (Wildman–Crippen MR) is 76.8 cm³/mol. The van der Waals surface area contributed by atoms with Crippen LogP contribution in [0.25, 0.3) is 11.1 Å². The van der Waals surface area contributed by atoms with Crippen LogP contribution in [-0.4, -0.2) is 5.11 Å². The fraction of sp³-hybridized carbons (Fsp3) is 0.0667. The van der Waals surface area contributed by atoms with Gasteiger partial charge in [0.05, 0.1) is 11.4 Å². The largest absolute Gasteiger partial charge is 0.507 e. The van der Waals surface area contributed by atoms with E-state index in [2.05, 4.69) is 17.2 Å². The highest BCUT2D eigenvalue weighted by Gasteiger charge is 2.15. The lowest BCUT2D eigenvalue weighted by atomic mass is 9.99. The van der Waals surface area contributed by atoms with Crippen LogP contribution in [0.4, 0.5) is 11.4 Å². The average Bonchev–Trinajstić information content (AvgIpc) is 2.68. The van der Waals surface area contributed by atoms with Crippen molar-refractivity contribution in [2.45, 2.75) is 6.92 Å². The van der Waals surface area contributed by atoms with E-state index < -0.39 is 0 Å². The lowest BCUT2D eigenvalue weighted by Crippen LogP contribution is -1.94. The maximum Gasteiger partial charge on any atom is 0.123 e. The highest BCUT2D eigenvalue weighted by atomic mass is 16.3. The number of rotatable bonds is 1. The summed E-state index contributed by atoms with van der Waals surface area (Å²) >= 11 is 0. The molecule has 0 amide bonds. The lowest BCUT2D eigenvalue weighted by Gasteiger charge is -2.09. The molecule has 1 aliphatic heterocycles. The highest BCUT2D eigenvalue weighted by molar-refractivity contribution is 5.85. The van der Waals surface area contributed by atoms with E-state index in [1.807, 2.05) is 37.3 Å². The normalized spacial score (nSPS) is 12.8. The van der Waals surface area contributed by atoms with Gasteiger partial charge >= 0.3 is 0 Å². The van der Waals surface area contributed by atoms with E-state index in [0.29, 0.717) is 5.75 Å². The minimum absolute atomic E-state index is 0. The monoisotopic (exact) mass is 240 g/mol. The van der Waals surface area contributed by atoms with Crippen LogP contribution >= 0.6 is 0 Å². The first-order valence-electron chi connectivity index (χ1n) is 5.81. The van der Waals surface area contributed by atoms with E-state index in [-0.39, 0.29) is 1.43 Å². The Hall–Kier alpha value is -2.42. The Balaban J connectivity index is 0.00000133. The van der Waals surface area contributed by atoms with Gasteiger partial charge in [0.1, 0.15) is 11.6 Å². The summed E-state index contributed by atoms with van der Waals surface area (Å²) in [7, 11) is 0. The molecule has 2 aromatic rings. The molecule has 0 bridgehead atoms. The zero-order valence-electron chi connectivity index (χ0n) is 10.1. The number of phenols is 1. The van der Waals surface area contributed by atoms with E-state index >= 15 is 0 Å². The molecule has 0 unspecified atom stereocenters. The molecule has 92 valence electrons. The van der Waals surface area contributed by atoms with Gasteiger partial charge < -0.3 is 15.7 Å². The maximum absolute atomic E-state index is 9.99. The molecule has 1 heterocycles. The molecule has 3 heteroatoms. The van der Waals surface area contributed by atoms with Crippen molar-refractivity contribution >= 4 is 11.4 Å². The van der Waals surface area contributed by atoms with Crippen LogP contribution in [0.2, 0.25) is 0 Å². The molecule has 0 aromatic heterocycles. The third-order valence-electron chi connectivity index (χ3n) is 3.13. The highest BCUT2D eigenvalue weighted by Crippen LogP contribution is 2.38. The molecule has 0 spiro atoms. The standard InChI is InChI=1S/C15H14N2O.H2/c1-9-4-3-5-14(18)15(9)11-6-7-12-13(8-11)17-10(2)16-12;/h3-8,16-18H,2H2,1H3;1H. The summed E-state index contributed by atoms with van der Waals surface area (Å²) in [6.07, 6.45) is 0. The summed E-state index contributed by atoms with van der Waals surface area (Å²) in [6.45, 7) is 5.83. The third-order valence-corrected chi connectivity index (χ3v) is 3.13. The molecule has 1 aliphatic rings. The van der Waals surface area contributed by atoms with Crippen molar-refractivity contribution in [3.8, 4) is 16.9 Å². The van der Waals surface area contributed by atoms with Crippen molar-refractivity contribution in [3.63, 3.8) is 0 Å². The Labute approximate surface area is 107 Å². The number of aryl methyl sites for hydroxylation is 1. The van der Waals surface area contributed by atoms with Gasteiger partial charge in [-0.15, -0.1) is 0 Å². The topological polar surface area (TPSA) is 44.3 Å². The number of fused-ring (bicyclic) bond motifs is 1. The summed E-state index contributed by atoms with van der Waals surface area (Å²) in [4.78, 5) is 0. The fourth-order valence-corrected chi connectivity index (χ4v) is 2.30. The molecule has 0 saturated heterocycles. The Morgan fingerprint density at radius 2 is 1.89 bits per heavy atom. The van der Waals surface area contributed by atoms with Crippen LogP contribution in [0, 0.1) is 6.92 Å². The molecule has 0 fully saturated rings. The second kappa shape index (κ2) is 3.81. The Bertz CT molecular complexity index is 632. The minimum Gasteiger partial charge on any atom is -0.507 e. The van der Waals surface area contributed by atoms with Gasteiger partial charge in [-0.3, -0.25) is 0 Å². The van der Waals surface area contributed by atoms with Gasteiger partial charge in [-0.2, -0.15) is 0 Å². The average molecular weight is 240 g/mol. The fourth-order valence-electron chi connectivity index (χ4n) is 2.30. The number of anilines is 2. The SMILES string of the molecule is C=C1Nc2ccc(-c3c(C)cccc3O)cc2N1.[HH]. The van der Waals surface area contributed by atoms with Crippen LogP contribution in [0.15, 0.2) is 48.8 Å². The summed E-state index contributed by atoms with van der Waals surface area (Å²) in [6, 6.07) is 11.6. The molecule has 0 radical (unpaired) electrons. The summed E-state index contributed by atoms with van der Waals surface area (Å²) in [5, 5.41) is 16.3. The van der Waals surface area contributed by atoms with Gasteiger partial charge in [-0.05, 0) is 36.2 Å². The van der Waals surface area contributed by atoms with E-state index in [1.54, 1.807) is 6.07 Å². The van der Waals surface area contributed by atoms with E-state index in [4.69, 9.17) is 0 Å². The number of phenolic OH excluding ortho intramolecular Hbond substituents is 1. The molecule has 18 heavy (non-hydrogen) atoms. The molecule has 3 N–H and O–H groups in total. The summed E-state index contributed by atoms with van der Waals surface area (Å²) in [5.41, 5.74) is 4.92. The van der Waals surface area contributed by atoms with Crippen molar-refractivity contribution in [2.24, 2.45) is 0 Å². The first-order valence-corrected chi connectivity index (χ1v) is 5.81. The van der Waals surface area contributed by atoms with Crippen LogP contribution in [0.1, 0.15) is 6.99 Å². The molecule has 3 rings (SSSR count). The first-order chi connectivity index (χ1) is 8.65. The van der Waals surface area contributed by atoms with Crippen molar-refractivity contribution in [3.05, 3.63) is 54.4 Å². The van der Waals surface area contributed by atoms with E-state index in [9.17, 15) is 5.11 Å². The van der Waals surface area contributed by atoms with Crippen molar-refractivity contribution in [1.82, 2.24) is 0 Å². The molecule has 0 aliphatic carbocycles. The van der Waals surface area contributed by atoms with Crippen molar-refractivity contribution < 1.29 is 6.53 Å². The molecule has 3 nitrogen and oxygen atoms in total. The maximum atomic E-state index is 9.99. The van der Waals surface area contributed by atoms with Gasteiger partial charge in [-0.25, -0.2) is 0 Å². The third kappa shape index (κ3) is 1.61. The van der Waals surface area contributed by atoms with Crippen LogP contribution in [0.5, 0.6) is 5.75 Å². The minimum atomic E-state index is 0. The number of benzene rings is 2. The molecular formula is C15H16N2O. The number of hydrogen-bond donors (Lipinski definition) is 3. The zero-order chi connectivity index (χ0) is 12.7. The lowest BCUT2D eigenvalue weighted by molar-refractivity contribution is 0.477. The summed E-state index contributed by atoms with van der Waals surface area (Å²) in [5.74, 6) is 1.08. The van der Waals surface area contributed by atoms with Crippen LogP contribution in [-0.2, 0) is 0 Å². The second-order valence-electron chi connectivity index (χ2n) is 4.46. The predicted octanol–water partition coefficient (Wildman–Crippen LogP) is 3.92. The quantitative estimate of drug-likeness (QED) is 0.707. The molecular weight excluding hydrogens is 224 g/mol. The second-order valence-corrected chi connectivity index (χ2v) is 4.46. The summed E-state index contributed by atoms with van der Waals surface area (Å²) < 4.78 is 0. The van der Waals surface area contributed by atoms with Crippen molar-refractivity contribution in [1.29, 1.82) is 0 Å². The van der Waals surface area contributed by atoms with Crippen molar-refractivity contribution in [2.75, 3.05) is 10.6 Å². The van der Waals surface area contributed by atoms with E-state index in [0.717, 1.165) is 33.9 Å². The molecule has 2 aromatic carbocycles. The Kier molecular flexibility index (Phi) is 2.27. The van der Waals surface area contributed by atoms with Gasteiger partial charge in [0.25, 0.3) is 0 Å². The van der Waals surface area contributed by atoms with Gasteiger partial charge in [0, 0.05) is 6.99 Å². The Morgan fingerprint density at radius 3 is 2.67 bits per heavy atom.